The van der Waals surface area contributed by atoms with Gasteiger partial charge in [-0.05, 0) is 38.1 Å². The summed E-state index contributed by atoms with van der Waals surface area (Å²) in [4.78, 5) is 2.46. The minimum Gasteiger partial charge on any atom is -0.399 e. The van der Waals surface area contributed by atoms with Crippen molar-refractivity contribution < 1.29 is 0 Å². The standard InChI is InChI=1S/C11H19N3/c1-9-5-2-3-8-14(9)11-10(12)6-4-7-13-11/h4,6-7,9,11,13H,2-3,5,8,12H2,1H3/t9-,11?/m0/s1. The maximum absolute atomic E-state index is 5.98. The van der Waals surface area contributed by atoms with Gasteiger partial charge in [-0.1, -0.05) is 6.42 Å². The first kappa shape index (κ1) is 9.59. The molecule has 2 aliphatic rings. The van der Waals surface area contributed by atoms with E-state index in [-0.39, 0.29) is 6.17 Å². The van der Waals surface area contributed by atoms with Crippen LogP contribution in [0.2, 0.25) is 0 Å². The van der Waals surface area contributed by atoms with Crippen molar-refractivity contribution in [3.05, 3.63) is 24.0 Å². The zero-order valence-electron chi connectivity index (χ0n) is 8.74. The van der Waals surface area contributed by atoms with Gasteiger partial charge in [-0.25, -0.2) is 0 Å². The van der Waals surface area contributed by atoms with Crippen LogP contribution in [0.1, 0.15) is 26.2 Å². The third-order valence-electron chi connectivity index (χ3n) is 3.14. The number of hydrogen-bond donors (Lipinski definition) is 2. The first-order valence-electron chi connectivity index (χ1n) is 5.43. The van der Waals surface area contributed by atoms with Gasteiger partial charge in [0.15, 0.2) is 0 Å². The Morgan fingerprint density at radius 2 is 2.36 bits per heavy atom. The van der Waals surface area contributed by atoms with E-state index in [4.69, 9.17) is 5.73 Å². The third-order valence-corrected chi connectivity index (χ3v) is 3.14. The predicted molar refractivity (Wildman–Crippen MR) is 58.4 cm³/mol. The molecule has 0 saturated carbocycles. The fourth-order valence-corrected chi connectivity index (χ4v) is 2.28. The van der Waals surface area contributed by atoms with Crippen LogP contribution in [0, 0.1) is 0 Å². The lowest BCUT2D eigenvalue weighted by Crippen LogP contribution is -2.53. The Bertz CT molecular complexity index is 257. The van der Waals surface area contributed by atoms with Gasteiger partial charge in [0.05, 0.1) is 0 Å². The lowest BCUT2D eigenvalue weighted by molar-refractivity contribution is 0.110. The van der Waals surface area contributed by atoms with Crippen molar-refractivity contribution in [2.75, 3.05) is 6.54 Å². The van der Waals surface area contributed by atoms with E-state index in [1.807, 2.05) is 18.4 Å². The second kappa shape index (κ2) is 4.05. The summed E-state index contributed by atoms with van der Waals surface area (Å²) in [6.07, 6.45) is 10.1. The molecular weight excluding hydrogens is 174 g/mol. The van der Waals surface area contributed by atoms with Crippen LogP contribution in [-0.2, 0) is 0 Å². The Labute approximate surface area is 85.6 Å². The van der Waals surface area contributed by atoms with Crippen LogP contribution in [0.4, 0.5) is 0 Å². The minimum absolute atomic E-state index is 0.218. The highest BCUT2D eigenvalue weighted by Gasteiger charge is 2.27. The molecule has 78 valence electrons. The van der Waals surface area contributed by atoms with E-state index >= 15 is 0 Å². The van der Waals surface area contributed by atoms with Crippen LogP contribution < -0.4 is 11.1 Å². The number of nitrogens with zero attached hydrogens (tertiary/aromatic N) is 1. The molecule has 0 aromatic heterocycles. The molecule has 2 rings (SSSR count). The molecule has 0 radical (unpaired) electrons. The summed E-state index contributed by atoms with van der Waals surface area (Å²) in [5, 5.41) is 3.32. The smallest absolute Gasteiger partial charge is 0.120 e. The molecule has 2 atom stereocenters. The summed E-state index contributed by atoms with van der Waals surface area (Å²) < 4.78 is 0. The van der Waals surface area contributed by atoms with Gasteiger partial charge in [0, 0.05) is 18.3 Å². The van der Waals surface area contributed by atoms with Gasteiger partial charge in [-0.15, -0.1) is 0 Å². The maximum atomic E-state index is 5.98. The van der Waals surface area contributed by atoms with E-state index in [1.165, 1.54) is 19.3 Å². The molecule has 0 bridgehead atoms. The largest absolute Gasteiger partial charge is 0.399 e. The molecule has 0 aromatic carbocycles. The Hall–Kier alpha value is -0.960. The highest BCUT2D eigenvalue weighted by Crippen LogP contribution is 2.20. The van der Waals surface area contributed by atoms with Crippen LogP contribution in [-0.4, -0.2) is 23.7 Å². The molecule has 2 heterocycles. The van der Waals surface area contributed by atoms with Gasteiger partial charge in [0.1, 0.15) is 6.17 Å². The lowest BCUT2D eigenvalue weighted by atomic mass is 10.0. The van der Waals surface area contributed by atoms with E-state index in [0.29, 0.717) is 6.04 Å². The van der Waals surface area contributed by atoms with Crippen molar-refractivity contribution in [3.63, 3.8) is 0 Å². The molecular formula is C11H19N3. The number of piperidine rings is 1. The van der Waals surface area contributed by atoms with Gasteiger partial charge in [-0.2, -0.15) is 0 Å². The van der Waals surface area contributed by atoms with Crippen molar-refractivity contribution in [2.45, 2.75) is 38.4 Å². The molecule has 3 N–H and O–H groups in total. The Morgan fingerprint density at radius 3 is 3.07 bits per heavy atom. The Kier molecular flexibility index (Phi) is 2.77. The first-order valence-corrected chi connectivity index (χ1v) is 5.43. The molecule has 1 unspecified atom stereocenters. The second-order valence-corrected chi connectivity index (χ2v) is 4.18. The van der Waals surface area contributed by atoms with Crippen LogP contribution in [0.15, 0.2) is 24.0 Å². The van der Waals surface area contributed by atoms with E-state index < -0.39 is 0 Å². The Balaban J connectivity index is 2.06. The highest BCUT2D eigenvalue weighted by atomic mass is 15.3. The third kappa shape index (κ3) is 1.77. The van der Waals surface area contributed by atoms with Crippen molar-refractivity contribution in [1.82, 2.24) is 10.2 Å². The van der Waals surface area contributed by atoms with Crippen molar-refractivity contribution in [3.8, 4) is 0 Å². The fourth-order valence-electron chi connectivity index (χ4n) is 2.28. The molecule has 3 nitrogen and oxygen atoms in total. The minimum atomic E-state index is 0.218. The van der Waals surface area contributed by atoms with Crippen molar-refractivity contribution in [1.29, 1.82) is 0 Å². The number of nitrogens with one attached hydrogen (secondary N) is 1. The van der Waals surface area contributed by atoms with Crippen LogP contribution in [0.25, 0.3) is 0 Å². The predicted octanol–water partition coefficient (Wildman–Crippen LogP) is 1.15. The number of rotatable bonds is 1. The molecule has 14 heavy (non-hydrogen) atoms. The number of dihydropyridines is 1. The van der Waals surface area contributed by atoms with Crippen LogP contribution >= 0.6 is 0 Å². The number of nitrogens with two attached hydrogens (primary N) is 1. The van der Waals surface area contributed by atoms with E-state index in [9.17, 15) is 0 Å². The summed E-state index contributed by atoms with van der Waals surface area (Å²) in [5.41, 5.74) is 6.91. The molecule has 3 heteroatoms. The zero-order chi connectivity index (χ0) is 9.97. The lowest BCUT2D eigenvalue weighted by Gasteiger charge is -2.40. The van der Waals surface area contributed by atoms with E-state index in [1.54, 1.807) is 0 Å². The van der Waals surface area contributed by atoms with Gasteiger partial charge >= 0.3 is 0 Å². The monoisotopic (exact) mass is 193 g/mol. The maximum Gasteiger partial charge on any atom is 0.120 e. The normalized spacial score (nSPS) is 33.6. The van der Waals surface area contributed by atoms with Gasteiger partial charge in [-0.3, -0.25) is 4.90 Å². The van der Waals surface area contributed by atoms with E-state index in [0.717, 1.165) is 12.2 Å². The summed E-state index contributed by atoms with van der Waals surface area (Å²) >= 11 is 0. The topological polar surface area (TPSA) is 41.3 Å². The molecule has 1 saturated heterocycles. The molecule has 1 fully saturated rings. The highest BCUT2D eigenvalue weighted by molar-refractivity contribution is 5.20. The molecule has 0 aromatic rings. The molecule has 2 aliphatic heterocycles. The van der Waals surface area contributed by atoms with Crippen molar-refractivity contribution >= 4 is 0 Å². The Morgan fingerprint density at radius 1 is 1.50 bits per heavy atom. The summed E-state index contributed by atoms with van der Waals surface area (Å²) in [7, 11) is 0. The van der Waals surface area contributed by atoms with Gasteiger partial charge < -0.3 is 11.1 Å². The van der Waals surface area contributed by atoms with Crippen molar-refractivity contribution in [2.24, 2.45) is 5.73 Å². The van der Waals surface area contributed by atoms with Gasteiger partial charge in [0.2, 0.25) is 0 Å². The average Bonchev–Trinajstić information content (AvgIpc) is 2.20. The number of likely N-dealkylation sites (tertiary alicyclic amines) is 1. The van der Waals surface area contributed by atoms with Crippen LogP contribution in [0.5, 0.6) is 0 Å². The van der Waals surface area contributed by atoms with Gasteiger partial charge in [0.25, 0.3) is 0 Å². The van der Waals surface area contributed by atoms with E-state index in [2.05, 4.69) is 17.1 Å². The summed E-state index contributed by atoms with van der Waals surface area (Å²) in [5.74, 6) is 0. The zero-order valence-corrected chi connectivity index (χ0v) is 8.74. The summed E-state index contributed by atoms with van der Waals surface area (Å²) in [6, 6.07) is 0.639. The molecule has 0 spiro atoms. The molecule has 0 amide bonds. The molecule has 0 aliphatic carbocycles. The quantitative estimate of drug-likeness (QED) is 0.656. The fraction of sp³-hybridized carbons (Fsp3) is 0.636. The number of allylic oxidation sites excluding steroid dienone is 2. The SMILES string of the molecule is C[C@H]1CCCCN1C1NC=CC=C1N. The first-order chi connectivity index (χ1) is 6.79. The summed E-state index contributed by atoms with van der Waals surface area (Å²) in [6.45, 7) is 3.44. The number of hydrogen-bond acceptors (Lipinski definition) is 3. The average molecular weight is 193 g/mol. The second-order valence-electron chi connectivity index (χ2n) is 4.18. The van der Waals surface area contributed by atoms with Crippen LogP contribution in [0.3, 0.4) is 0 Å².